The Balaban J connectivity index is 1.51. The summed E-state index contributed by atoms with van der Waals surface area (Å²) in [4.78, 5) is 48.0. The quantitative estimate of drug-likeness (QED) is 0.0451. The lowest BCUT2D eigenvalue weighted by Gasteiger charge is -2.15. The van der Waals surface area contributed by atoms with Gasteiger partial charge in [0.15, 0.2) is 5.78 Å². The van der Waals surface area contributed by atoms with Crippen LogP contribution < -0.4 is 0 Å². The average Bonchev–Trinajstić information content (AvgIpc) is 3.39. The number of aryl methyl sites for hydroxylation is 3. The fourth-order valence-electron chi connectivity index (χ4n) is 5.61. The van der Waals surface area contributed by atoms with Crippen molar-refractivity contribution in [3.05, 3.63) is 113 Å². The number of hydrogen-bond acceptors (Lipinski definition) is 6. The van der Waals surface area contributed by atoms with Gasteiger partial charge in [-0.15, -0.1) is 11.8 Å². The molecule has 1 aromatic heterocycles. The standard InChI is InChI=1S/C38H39N3O4S/c1-6-40(7-2)38(44)45-39-33(21-22-46-29-17-13-25(4)14-18-29)37(43)28-16-20-35-32(24-28)31-23-27(15-19-34(31)41(35)8-3)36(42)30-12-10-9-11-26(30)5/h9-20,23-24H,6-8,21-22H2,1-5H3/b39-33+. The van der Waals surface area contributed by atoms with Crippen molar-refractivity contribution >= 4 is 56.9 Å². The Labute approximate surface area is 274 Å². The van der Waals surface area contributed by atoms with Crippen molar-refractivity contribution in [3.8, 4) is 0 Å². The topological polar surface area (TPSA) is 81.0 Å². The Bertz CT molecular complexity index is 1940. The summed E-state index contributed by atoms with van der Waals surface area (Å²) in [5, 5.41) is 5.88. The zero-order valence-electron chi connectivity index (χ0n) is 27.0. The molecule has 0 fully saturated rings. The van der Waals surface area contributed by atoms with Gasteiger partial charge in [-0.1, -0.05) is 47.1 Å². The average molecular weight is 634 g/mol. The molecule has 5 rings (SSSR count). The molecule has 4 aromatic carbocycles. The third-order valence-electron chi connectivity index (χ3n) is 8.24. The molecule has 0 aliphatic heterocycles. The second kappa shape index (κ2) is 14.6. The first-order valence-electron chi connectivity index (χ1n) is 15.7. The molecular weight excluding hydrogens is 595 g/mol. The monoisotopic (exact) mass is 633 g/mol. The zero-order chi connectivity index (χ0) is 32.8. The van der Waals surface area contributed by atoms with Gasteiger partial charge in [0.05, 0.1) is 0 Å². The molecule has 0 saturated carbocycles. The first kappa shape index (κ1) is 32.7. The van der Waals surface area contributed by atoms with Gasteiger partial charge in [-0.2, -0.15) is 0 Å². The van der Waals surface area contributed by atoms with Gasteiger partial charge in [-0.05, 0) is 88.7 Å². The summed E-state index contributed by atoms with van der Waals surface area (Å²) in [7, 11) is 0. The predicted octanol–water partition coefficient (Wildman–Crippen LogP) is 8.86. The van der Waals surface area contributed by atoms with Crippen LogP contribution in [0.3, 0.4) is 0 Å². The van der Waals surface area contributed by atoms with Crippen LogP contribution in [0.2, 0.25) is 0 Å². The molecule has 8 heteroatoms. The molecule has 46 heavy (non-hydrogen) atoms. The van der Waals surface area contributed by atoms with Crippen molar-refractivity contribution in [3.63, 3.8) is 0 Å². The van der Waals surface area contributed by atoms with Crippen molar-refractivity contribution in [2.24, 2.45) is 5.16 Å². The summed E-state index contributed by atoms with van der Waals surface area (Å²) in [6.45, 7) is 11.5. The summed E-state index contributed by atoms with van der Waals surface area (Å²) in [6.07, 6.45) is -0.277. The molecule has 0 N–H and O–H groups in total. The van der Waals surface area contributed by atoms with Crippen molar-refractivity contribution in [1.29, 1.82) is 0 Å². The van der Waals surface area contributed by atoms with E-state index in [9.17, 15) is 14.4 Å². The maximum absolute atomic E-state index is 14.0. The molecule has 7 nitrogen and oxygen atoms in total. The van der Waals surface area contributed by atoms with E-state index < -0.39 is 6.09 Å². The second-order valence-corrected chi connectivity index (χ2v) is 12.3. The summed E-state index contributed by atoms with van der Waals surface area (Å²) in [5.41, 5.74) is 5.93. The number of hydrogen-bond donors (Lipinski definition) is 0. The number of thioether (sulfide) groups is 1. The highest BCUT2D eigenvalue weighted by Gasteiger charge is 2.21. The van der Waals surface area contributed by atoms with E-state index in [2.05, 4.69) is 40.9 Å². The van der Waals surface area contributed by atoms with Crippen molar-refractivity contribution in [1.82, 2.24) is 9.47 Å². The van der Waals surface area contributed by atoms with Crippen LogP contribution in [0.5, 0.6) is 0 Å². The summed E-state index contributed by atoms with van der Waals surface area (Å²) in [5.74, 6) is 0.238. The van der Waals surface area contributed by atoms with Crippen LogP contribution >= 0.6 is 11.8 Å². The van der Waals surface area contributed by atoms with Gasteiger partial charge in [0.25, 0.3) is 0 Å². The third kappa shape index (κ3) is 6.92. The molecule has 0 spiro atoms. The van der Waals surface area contributed by atoms with Crippen LogP contribution in [-0.4, -0.2) is 51.7 Å². The summed E-state index contributed by atoms with van der Waals surface area (Å²) >= 11 is 1.61. The number of benzene rings is 4. The van der Waals surface area contributed by atoms with Gasteiger partial charge in [-0.25, -0.2) is 4.79 Å². The number of oxime groups is 1. The van der Waals surface area contributed by atoms with Gasteiger partial charge in [0.1, 0.15) is 5.71 Å². The van der Waals surface area contributed by atoms with Crippen molar-refractivity contribution in [2.45, 2.75) is 52.5 Å². The second-order valence-electron chi connectivity index (χ2n) is 11.2. The number of Topliss-reactive ketones (excluding diaryl/α,β-unsaturated/α-hetero) is 1. The van der Waals surface area contributed by atoms with E-state index in [0.717, 1.165) is 38.8 Å². The minimum atomic E-state index is -0.589. The van der Waals surface area contributed by atoms with E-state index in [-0.39, 0.29) is 17.3 Å². The number of nitrogens with zero attached hydrogens (tertiary/aromatic N) is 3. The first-order valence-corrected chi connectivity index (χ1v) is 16.7. The van der Waals surface area contributed by atoms with Crippen LogP contribution in [0, 0.1) is 13.8 Å². The smallest absolute Gasteiger partial charge is 0.341 e. The Hall–Kier alpha value is -4.69. The fourth-order valence-corrected chi connectivity index (χ4v) is 6.47. The van der Waals surface area contributed by atoms with E-state index in [1.165, 1.54) is 10.5 Å². The molecule has 0 unspecified atom stereocenters. The van der Waals surface area contributed by atoms with Crippen LogP contribution in [0.1, 0.15) is 64.6 Å². The molecule has 0 bridgehead atoms. The van der Waals surface area contributed by atoms with Crippen LogP contribution in [0.4, 0.5) is 4.79 Å². The first-order chi connectivity index (χ1) is 22.2. The number of fused-ring (bicyclic) bond motifs is 3. The largest absolute Gasteiger partial charge is 0.435 e. The van der Waals surface area contributed by atoms with E-state index in [4.69, 9.17) is 4.84 Å². The van der Waals surface area contributed by atoms with Crippen molar-refractivity contribution in [2.75, 3.05) is 18.8 Å². The highest BCUT2D eigenvalue weighted by Crippen LogP contribution is 2.32. The Morgan fingerprint density at radius 3 is 2.07 bits per heavy atom. The maximum atomic E-state index is 14.0. The van der Waals surface area contributed by atoms with E-state index in [1.54, 1.807) is 17.8 Å². The molecule has 0 radical (unpaired) electrons. The molecule has 0 aliphatic carbocycles. The van der Waals surface area contributed by atoms with Gasteiger partial charge in [0.2, 0.25) is 5.78 Å². The number of ketones is 2. The Kier molecular flexibility index (Phi) is 10.4. The van der Waals surface area contributed by atoms with E-state index >= 15 is 0 Å². The molecule has 0 aliphatic rings. The van der Waals surface area contributed by atoms with Crippen LogP contribution in [-0.2, 0) is 11.4 Å². The fraction of sp³-hybridized carbons (Fsp3) is 0.263. The minimum absolute atomic E-state index is 0.0415. The lowest BCUT2D eigenvalue weighted by Crippen LogP contribution is -2.30. The van der Waals surface area contributed by atoms with E-state index in [1.807, 2.05) is 82.3 Å². The highest BCUT2D eigenvalue weighted by molar-refractivity contribution is 7.99. The number of aromatic nitrogens is 1. The van der Waals surface area contributed by atoms with Crippen LogP contribution in [0.25, 0.3) is 21.8 Å². The normalized spacial score (nSPS) is 11.6. The number of rotatable bonds is 12. The number of carbonyl (C=O) groups excluding carboxylic acids is 3. The van der Waals surface area contributed by atoms with Gasteiger partial charge >= 0.3 is 6.09 Å². The van der Waals surface area contributed by atoms with Gasteiger partial charge in [0, 0.05) is 75.2 Å². The third-order valence-corrected chi connectivity index (χ3v) is 9.26. The molecule has 0 saturated heterocycles. The molecule has 236 valence electrons. The van der Waals surface area contributed by atoms with Crippen molar-refractivity contribution < 1.29 is 19.2 Å². The molecule has 1 heterocycles. The maximum Gasteiger partial charge on any atom is 0.435 e. The van der Waals surface area contributed by atoms with E-state index in [0.29, 0.717) is 42.0 Å². The van der Waals surface area contributed by atoms with Gasteiger partial charge < -0.3 is 9.47 Å². The molecular formula is C38H39N3O4S. The molecule has 0 atom stereocenters. The predicted molar refractivity (Wildman–Crippen MR) is 187 cm³/mol. The molecule has 1 amide bonds. The number of amides is 1. The number of carbonyl (C=O) groups is 3. The minimum Gasteiger partial charge on any atom is -0.341 e. The Morgan fingerprint density at radius 1 is 0.804 bits per heavy atom. The highest BCUT2D eigenvalue weighted by atomic mass is 32.2. The molecule has 5 aromatic rings. The SMILES string of the molecule is CCN(CC)C(=O)O/N=C(\CCSc1ccc(C)cc1)C(=O)c1ccc2c(c1)c1cc(C(=O)c3ccccc3C)ccc1n2CC. The zero-order valence-corrected chi connectivity index (χ0v) is 27.8. The summed E-state index contributed by atoms with van der Waals surface area (Å²) in [6, 6.07) is 27.2. The summed E-state index contributed by atoms with van der Waals surface area (Å²) < 4.78 is 2.18. The lowest BCUT2D eigenvalue weighted by atomic mass is 9.97. The van der Waals surface area contributed by atoms with Gasteiger partial charge in [-0.3, -0.25) is 14.4 Å². The Morgan fingerprint density at radius 2 is 1.43 bits per heavy atom. The lowest BCUT2D eigenvalue weighted by molar-refractivity contribution is 0.101. The van der Waals surface area contributed by atoms with Crippen LogP contribution in [0.15, 0.2) is 95.0 Å².